The third-order valence-corrected chi connectivity index (χ3v) is 5.46. The largest absolute Gasteiger partial charge is 0.442 e. The minimum absolute atomic E-state index is 0.155. The standard InChI is InChI=1S/C22H20F2N6O4/c23-7-14-9-29(28-26-14)10-17-11-30(22(32)33-17)15-2-3-18(19(24)5-15)13-1-4-20(25-8-13)21-6-16(12-31)34-27-21/h1-6,8-9,16-17,27,31H,7,10-12H2/t16-,17-/m0/s1. The highest BCUT2D eigenvalue weighted by Crippen LogP contribution is 2.30. The van der Waals surface area contributed by atoms with E-state index in [-0.39, 0.29) is 25.4 Å². The third-order valence-electron chi connectivity index (χ3n) is 5.46. The maximum atomic E-state index is 15.0. The molecule has 176 valence electrons. The molecule has 2 aromatic heterocycles. The number of nitrogens with one attached hydrogen (secondary N) is 1. The first-order chi connectivity index (χ1) is 16.5. The lowest BCUT2D eigenvalue weighted by molar-refractivity contribution is 0.0172. The predicted molar refractivity (Wildman–Crippen MR) is 115 cm³/mol. The number of anilines is 1. The van der Waals surface area contributed by atoms with Crippen LogP contribution in [0.5, 0.6) is 0 Å². The number of rotatable bonds is 7. The number of cyclic esters (lactones) is 1. The van der Waals surface area contributed by atoms with Gasteiger partial charge in [-0.3, -0.25) is 20.2 Å². The number of aliphatic hydroxyl groups is 1. The number of aliphatic hydroxyl groups excluding tert-OH is 1. The number of ether oxygens (including phenoxy) is 1. The van der Waals surface area contributed by atoms with E-state index in [2.05, 4.69) is 20.8 Å². The molecule has 34 heavy (non-hydrogen) atoms. The van der Waals surface area contributed by atoms with Crippen LogP contribution in [0.25, 0.3) is 16.8 Å². The molecular formula is C22H20F2N6O4. The van der Waals surface area contributed by atoms with E-state index in [1.807, 2.05) is 0 Å². The molecule has 5 rings (SSSR count). The highest BCUT2D eigenvalue weighted by molar-refractivity contribution is 5.90. The molecule has 2 atom stereocenters. The number of nitrogens with zero attached hydrogens (tertiary/aromatic N) is 5. The topological polar surface area (TPSA) is 115 Å². The molecule has 12 heteroatoms. The molecule has 10 nitrogen and oxygen atoms in total. The van der Waals surface area contributed by atoms with Gasteiger partial charge in [0.15, 0.2) is 0 Å². The van der Waals surface area contributed by atoms with Crippen molar-refractivity contribution >= 4 is 17.5 Å². The molecule has 2 N–H and O–H groups in total. The Labute approximate surface area is 192 Å². The number of halogens is 2. The fourth-order valence-corrected chi connectivity index (χ4v) is 3.76. The molecule has 0 bridgehead atoms. The smallest absolute Gasteiger partial charge is 0.414 e. The number of amides is 1. The molecule has 0 radical (unpaired) electrons. The predicted octanol–water partition coefficient (Wildman–Crippen LogP) is 2.21. The van der Waals surface area contributed by atoms with E-state index in [4.69, 9.17) is 14.7 Å². The van der Waals surface area contributed by atoms with Crippen molar-refractivity contribution < 1.29 is 28.3 Å². The number of aromatic nitrogens is 4. The van der Waals surface area contributed by atoms with Crippen LogP contribution in [-0.2, 0) is 22.8 Å². The van der Waals surface area contributed by atoms with Crippen molar-refractivity contribution in [1.82, 2.24) is 25.5 Å². The number of hydrogen-bond acceptors (Lipinski definition) is 8. The average Bonchev–Trinajstić information content (AvgIpc) is 3.59. The first kappa shape index (κ1) is 21.9. The second-order valence-corrected chi connectivity index (χ2v) is 7.80. The Morgan fingerprint density at radius 1 is 1.26 bits per heavy atom. The number of carbonyl (C=O) groups is 1. The van der Waals surface area contributed by atoms with Crippen LogP contribution < -0.4 is 10.4 Å². The van der Waals surface area contributed by atoms with Gasteiger partial charge in [0, 0.05) is 17.3 Å². The minimum atomic E-state index is -0.728. The Kier molecular flexibility index (Phi) is 5.90. The molecule has 0 spiro atoms. The molecule has 3 aromatic rings. The Balaban J connectivity index is 1.28. The van der Waals surface area contributed by atoms with Gasteiger partial charge in [-0.1, -0.05) is 11.3 Å². The van der Waals surface area contributed by atoms with E-state index in [1.54, 1.807) is 30.3 Å². The van der Waals surface area contributed by atoms with Crippen LogP contribution in [0.4, 0.5) is 19.3 Å². The number of alkyl halides is 1. The molecule has 0 saturated carbocycles. The van der Waals surface area contributed by atoms with Gasteiger partial charge in [-0.15, -0.1) is 5.10 Å². The molecule has 1 fully saturated rings. The molecule has 0 aliphatic carbocycles. The zero-order valence-corrected chi connectivity index (χ0v) is 17.8. The van der Waals surface area contributed by atoms with Crippen molar-refractivity contribution in [3.05, 3.63) is 66.0 Å². The molecule has 1 aromatic carbocycles. The quantitative estimate of drug-likeness (QED) is 0.540. The second-order valence-electron chi connectivity index (χ2n) is 7.80. The fourth-order valence-electron chi connectivity index (χ4n) is 3.76. The number of pyridine rings is 1. The summed E-state index contributed by atoms with van der Waals surface area (Å²) in [7, 11) is 0. The van der Waals surface area contributed by atoms with Crippen molar-refractivity contribution in [2.45, 2.75) is 25.4 Å². The lowest BCUT2D eigenvalue weighted by atomic mass is 10.1. The Morgan fingerprint density at radius 2 is 2.15 bits per heavy atom. The highest BCUT2D eigenvalue weighted by Gasteiger charge is 2.33. The fraction of sp³-hybridized carbons (Fsp3) is 0.273. The molecule has 0 unspecified atom stereocenters. The van der Waals surface area contributed by atoms with Gasteiger partial charge < -0.3 is 9.84 Å². The summed E-state index contributed by atoms with van der Waals surface area (Å²) in [4.78, 5) is 23.2. The maximum Gasteiger partial charge on any atom is 0.414 e. The molecule has 1 amide bonds. The van der Waals surface area contributed by atoms with Crippen LogP contribution >= 0.6 is 0 Å². The Hall–Kier alpha value is -3.90. The molecule has 2 aliphatic heterocycles. The van der Waals surface area contributed by atoms with Gasteiger partial charge in [-0.2, -0.15) is 0 Å². The van der Waals surface area contributed by atoms with Gasteiger partial charge in [0.1, 0.15) is 30.4 Å². The van der Waals surface area contributed by atoms with Crippen LogP contribution in [0.3, 0.4) is 0 Å². The summed E-state index contributed by atoms with van der Waals surface area (Å²) in [6, 6.07) is 7.91. The Bertz CT molecular complexity index is 1230. The van der Waals surface area contributed by atoms with Crippen LogP contribution in [0.1, 0.15) is 11.4 Å². The number of hydroxylamine groups is 1. The van der Waals surface area contributed by atoms with Crippen molar-refractivity contribution in [2.75, 3.05) is 18.1 Å². The van der Waals surface area contributed by atoms with Crippen LogP contribution in [0, 0.1) is 5.82 Å². The summed E-state index contributed by atoms with van der Waals surface area (Å²) >= 11 is 0. The highest BCUT2D eigenvalue weighted by atomic mass is 19.1. The van der Waals surface area contributed by atoms with Gasteiger partial charge in [0.05, 0.1) is 43.0 Å². The minimum Gasteiger partial charge on any atom is -0.442 e. The second kappa shape index (κ2) is 9.15. The molecule has 2 aliphatic rings. The summed E-state index contributed by atoms with van der Waals surface area (Å²) in [6.07, 6.45) is 3.11. The summed E-state index contributed by atoms with van der Waals surface area (Å²) in [5.74, 6) is -0.519. The summed E-state index contributed by atoms with van der Waals surface area (Å²) in [5, 5.41) is 16.6. The first-order valence-corrected chi connectivity index (χ1v) is 10.5. The van der Waals surface area contributed by atoms with E-state index in [1.165, 1.54) is 28.0 Å². The van der Waals surface area contributed by atoms with Gasteiger partial charge in [0.25, 0.3) is 0 Å². The van der Waals surface area contributed by atoms with E-state index < -0.39 is 30.8 Å². The lowest BCUT2D eigenvalue weighted by Gasteiger charge is -2.14. The third kappa shape index (κ3) is 4.32. The van der Waals surface area contributed by atoms with E-state index in [0.717, 1.165) is 0 Å². The molecule has 1 saturated heterocycles. The van der Waals surface area contributed by atoms with Gasteiger partial charge in [-0.05, 0) is 30.3 Å². The van der Waals surface area contributed by atoms with E-state index in [9.17, 15) is 13.6 Å². The van der Waals surface area contributed by atoms with Crippen LogP contribution in [-0.4, -0.2) is 56.5 Å². The van der Waals surface area contributed by atoms with Crippen molar-refractivity contribution in [1.29, 1.82) is 0 Å². The number of carbonyl (C=O) groups excluding carboxylic acids is 1. The SMILES string of the molecule is O=C1O[C@@H](Cn2cc(CF)nn2)CN1c1ccc(-c2ccc(C3=C[C@@H](CO)ON3)nc2)c(F)c1. The molecule has 4 heterocycles. The summed E-state index contributed by atoms with van der Waals surface area (Å²) in [5.41, 5.74) is 5.35. The zero-order chi connectivity index (χ0) is 23.7. The van der Waals surface area contributed by atoms with E-state index in [0.29, 0.717) is 28.2 Å². The zero-order valence-electron chi connectivity index (χ0n) is 17.8. The monoisotopic (exact) mass is 470 g/mol. The number of hydrogen-bond donors (Lipinski definition) is 2. The van der Waals surface area contributed by atoms with Crippen molar-refractivity contribution in [3.63, 3.8) is 0 Å². The maximum absolute atomic E-state index is 15.0. The van der Waals surface area contributed by atoms with Crippen LogP contribution in [0.15, 0.2) is 48.8 Å². The van der Waals surface area contributed by atoms with Gasteiger partial charge in [0.2, 0.25) is 0 Å². The average molecular weight is 470 g/mol. The summed E-state index contributed by atoms with van der Waals surface area (Å²) in [6.45, 7) is -0.479. The van der Waals surface area contributed by atoms with Crippen LogP contribution in [0.2, 0.25) is 0 Å². The normalized spacial score (nSPS) is 19.8. The van der Waals surface area contributed by atoms with Gasteiger partial charge in [-0.25, -0.2) is 18.3 Å². The van der Waals surface area contributed by atoms with Gasteiger partial charge >= 0.3 is 6.09 Å². The first-order valence-electron chi connectivity index (χ1n) is 10.5. The number of benzene rings is 1. The van der Waals surface area contributed by atoms with Crippen molar-refractivity contribution in [3.8, 4) is 11.1 Å². The van der Waals surface area contributed by atoms with Crippen molar-refractivity contribution in [2.24, 2.45) is 0 Å². The lowest BCUT2D eigenvalue weighted by Crippen LogP contribution is -2.26. The Morgan fingerprint density at radius 3 is 2.82 bits per heavy atom. The summed E-state index contributed by atoms with van der Waals surface area (Å²) < 4.78 is 34.4. The van der Waals surface area contributed by atoms with E-state index >= 15 is 0 Å². The molecular weight excluding hydrogens is 450 g/mol.